The van der Waals surface area contributed by atoms with Crippen molar-refractivity contribution in [2.75, 3.05) is 12.3 Å². The van der Waals surface area contributed by atoms with Gasteiger partial charge in [0.15, 0.2) is 5.17 Å². The minimum absolute atomic E-state index is 0.0672. The summed E-state index contributed by atoms with van der Waals surface area (Å²) in [6.07, 6.45) is 0.893. The molecular weight excluding hydrogens is 239 g/mol. The zero-order chi connectivity index (χ0) is 12.1. The molecule has 0 aliphatic carbocycles. The van der Waals surface area contributed by atoms with Crippen LogP contribution in [0.5, 0.6) is 0 Å². The predicted octanol–water partition coefficient (Wildman–Crippen LogP) is 1.98. The van der Waals surface area contributed by atoms with Gasteiger partial charge in [0.2, 0.25) is 5.91 Å². The van der Waals surface area contributed by atoms with Crippen LogP contribution in [0.2, 0.25) is 0 Å². The number of benzene rings is 1. The fourth-order valence-corrected chi connectivity index (χ4v) is 2.29. The molecule has 1 aromatic carbocycles. The van der Waals surface area contributed by atoms with Crippen molar-refractivity contribution in [1.29, 1.82) is 0 Å². The molecule has 0 saturated carbocycles. The van der Waals surface area contributed by atoms with E-state index in [0.717, 1.165) is 17.9 Å². The topological polar surface area (TPSA) is 41.5 Å². The highest BCUT2D eigenvalue weighted by molar-refractivity contribution is 8.14. The van der Waals surface area contributed by atoms with E-state index in [1.165, 1.54) is 12.1 Å². The molecule has 5 heteroatoms. The third-order valence-corrected chi connectivity index (χ3v) is 3.25. The number of amidine groups is 1. The lowest BCUT2D eigenvalue weighted by Crippen LogP contribution is -2.27. The Hall–Kier alpha value is -1.36. The molecule has 0 aromatic heterocycles. The average molecular weight is 252 g/mol. The van der Waals surface area contributed by atoms with Gasteiger partial charge in [-0.1, -0.05) is 23.9 Å². The van der Waals surface area contributed by atoms with Gasteiger partial charge < -0.3 is 5.32 Å². The maximum atomic E-state index is 12.9. The number of nitrogens with one attached hydrogen (secondary N) is 1. The van der Waals surface area contributed by atoms with Gasteiger partial charge in [0.05, 0.1) is 6.54 Å². The highest BCUT2D eigenvalue weighted by atomic mass is 32.2. The number of carbonyl (C=O) groups excluding carboxylic acids is 1. The van der Waals surface area contributed by atoms with Crippen LogP contribution in [0.1, 0.15) is 12.0 Å². The molecule has 2 rings (SSSR count). The van der Waals surface area contributed by atoms with Crippen molar-refractivity contribution in [3.8, 4) is 0 Å². The van der Waals surface area contributed by atoms with Crippen molar-refractivity contribution >= 4 is 22.8 Å². The minimum atomic E-state index is -0.265. The van der Waals surface area contributed by atoms with Gasteiger partial charge in [-0.3, -0.25) is 9.79 Å². The maximum absolute atomic E-state index is 12.9. The lowest BCUT2D eigenvalue weighted by molar-refractivity contribution is -0.119. The van der Waals surface area contributed by atoms with Crippen LogP contribution in [0.25, 0.3) is 0 Å². The number of aryl methyl sites for hydroxylation is 1. The first-order valence-electron chi connectivity index (χ1n) is 5.45. The summed E-state index contributed by atoms with van der Waals surface area (Å²) in [6, 6.07) is 6.32. The molecule has 0 spiro atoms. The Labute approximate surface area is 104 Å². The Kier molecular flexibility index (Phi) is 4.14. The number of rotatable bonds is 3. The molecule has 17 heavy (non-hydrogen) atoms. The molecule has 1 aromatic rings. The Balaban J connectivity index is 1.79. The monoisotopic (exact) mass is 252 g/mol. The summed E-state index contributed by atoms with van der Waals surface area (Å²) < 4.78 is 12.9. The number of amides is 1. The van der Waals surface area contributed by atoms with E-state index in [4.69, 9.17) is 0 Å². The normalized spacial score (nSPS) is 14.5. The van der Waals surface area contributed by atoms with Gasteiger partial charge >= 0.3 is 0 Å². The molecule has 3 nitrogen and oxygen atoms in total. The molecule has 0 unspecified atom stereocenters. The van der Waals surface area contributed by atoms with E-state index >= 15 is 0 Å². The van der Waals surface area contributed by atoms with Crippen LogP contribution in [-0.4, -0.2) is 23.4 Å². The fourth-order valence-electron chi connectivity index (χ4n) is 1.54. The number of hydrogen-bond donors (Lipinski definition) is 1. The second kappa shape index (κ2) is 5.82. The summed E-state index contributed by atoms with van der Waals surface area (Å²) in [4.78, 5) is 15.7. The highest BCUT2D eigenvalue weighted by Crippen LogP contribution is 2.10. The molecule has 1 amide bonds. The van der Waals surface area contributed by atoms with Crippen LogP contribution in [-0.2, 0) is 11.2 Å². The Bertz CT molecular complexity index is 448. The van der Waals surface area contributed by atoms with E-state index in [1.807, 2.05) is 6.07 Å². The lowest BCUT2D eigenvalue weighted by atomic mass is 10.1. The summed E-state index contributed by atoms with van der Waals surface area (Å²) in [5.74, 6) is 0.598. The molecule has 1 aliphatic heterocycles. The third kappa shape index (κ3) is 3.85. The lowest BCUT2D eigenvalue weighted by Gasteiger charge is -2.04. The average Bonchev–Trinajstić information content (AvgIpc) is 2.79. The molecule has 1 heterocycles. The first-order valence-corrected chi connectivity index (χ1v) is 6.44. The number of hydrogen-bond acceptors (Lipinski definition) is 3. The Morgan fingerprint density at radius 3 is 3.12 bits per heavy atom. The standard InChI is InChI=1S/C12H13FN2OS/c13-10-3-1-2-9(8-10)4-5-11(16)15-12-14-6-7-17-12/h1-3,8H,4-7H2,(H,14,15,16). The van der Waals surface area contributed by atoms with Gasteiger partial charge in [-0.15, -0.1) is 0 Å². The van der Waals surface area contributed by atoms with Crippen LogP contribution >= 0.6 is 11.8 Å². The second-order valence-electron chi connectivity index (χ2n) is 3.71. The maximum Gasteiger partial charge on any atom is 0.226 e. The van der Waals surface area contributed by atoms with Gasteiger partial charge in [0.1, 0.15) is 5.82 Å². The number of nitrogens with zero attached hydrogens (tertiary/aromatic N) is 1. The van der Waals surface area contributed by atoms with E-state index < -0.39 is 0 Å². The number of halogens is 1. The molecular formula is C12H13FN2OS. The summed E-state index contributed by atoms with van der Waals surface area (Å²) in [5.41, 5.74) is 0.834. The van der Waals surface area contributed by atoms with E-state index in [1.54, 1.807) is 17.8 Å². The number of aliphatic imine (C=N–C) groups is 1. The fraction of sp³-hybridized carbons (Fsp3) is 0.333. The van der Waals surface area contributed by atoms with Crippen LogP contribution in [0.15, 0.2) is 29.3 Å². The molecule has 0 saturated heterocycles. The van der Waals surface area contributed by atoms with Gasteiger partial charge in [0.25, 0.3) is 0 Å². The van der Waals surface area contributed by atoms with Crippen molar-refractivity contribution in [3.05, 3.63) is 35.6 Å². The van der Waals surface area contributed by atoms with E-state index in [0.29, 0.717) is 18.0 Å². The van der Waals surface area contributed by atoms with Crippen LogP contribution in [0, 0.1) is 5.82 Å². The molecule has 0 radical (unpaired) electrons. The van der Waals surface area contributed by atoms with E-state index in [2.05, 4.69) is 10.3 Å². The third-order valence-electron chi connectivity index (χ3n) is 2.36. The Morgan fingerprint density at radius 1 is 1.53 bits per heavy atom. The van der Waals surface area contributed by atoms with Crippen molar-refractivity contribution in [1.82, 2.24) is 5.32 Å². The van der Waals surface area contributed by atoms with E-state index in [-0.39, 0.29) is 11.7 Å². The predicted molar refractivity (Wildman–Crippen MR) is 67.6 cm³/mol. The number of carbonyl (C=O) groups is 1. The zero-order valence-electron chi connectivity index (χ0n) is 9.28. The highest BCUT2D eigenvalue weighted by Gasteiger charge is 2.10. The van der Waals surface area contributed by atoms with Crippen LogP contribution < -0.4 is 5.32 Å². The van der Waals surface area contributed by atoms with Crippen molar-refractivity contribution in [2.24, 2.45) is 4.99 Å². The molecule has 0 atom stereocenters. The smallest absolute Gasteiger partial charge is 0.226 e. The molecule has 1 aliphatic rings. The summed E-state index contributed by atoms with van der Waals surface area (Å²) in [5, 5.41) is 3.45. The number of thioether (sulfide) groups is 1. The van der Waals surface area contributed by atoms with Gasteiger partial charge in [-0.25, -0.2) is 4.39 Å². The summed E-state index contributed by atoms with van der Waals surface area (Å²) in [7, 11) is 0. The van der Waals surface area contributed by atoms with Crippen molar-refractivity contribution < 1.29 is 9.18 Å². The molecule has 0 fully saturated rings. The molecule has 90 valence electrons. The first kappa shape index (κ1) is 12.1. The van der Waals surface area contributed by atoms with Gasteiger partial charge in [0, 0.05) is 12.2 Å². The van der Waals surface area contributed by atoms with E-state index in [9.17, 15) is 9.18 Å². The zero-order valence-corrected chi connectivity index (χ0v) is 10.1. The quantitative estimate of drug-likeness (QED) is 0.893. The first-order chi connectivity index (χ1) is 8.24. The van der Waals surface area contributed by atoms with Gasteiger partial charge in [-0.05, 0) is 24.1 Å². The van der Waals surface area contributed by atoms with Crippen LogP contribution in [0.4, 0.5) is 4.39 Å². The SMILES string of the molecule is O=C(CCc1cccc(F)c1)NC1=NCCS1. The van der Waals surface area contributed by atoms with Crippen LogP contribution in [0.3, 0.4) is 0 Å². The molecule has 1 N–H and O–H groups in total. The summed E-state index contributed by atoms with van der Waals surface area (Å²) >= 11 is 1.55. The largest absolute Gasteiger partial charge is 0.305 e. The molecule has 0 bridgehead atoms. The Morgan fingerprint density at radius 2 is 2.41 bits per heavy atom. The van der Waals surface area contributed by atoms with Crippen molar-refractivity contribution in [2.45, 2.75) is 12.8 Å². The van der Waals surface area contributed by atoms with Crippen molar-refractivity contribution in [3.63, 3.8) is 0 Å². The summed E-state index contributed by atoms with van der Waals surface area (Å²) in [6.45, 7) is 0.768. The minimum Gasteiger partial charge on any atom is -0.305 e. The second-order valence-corrected chi connectivity index (χ2v) is 4.80. The van der Waals surface area contributed by atoms with Gasteiger partial charge in [-0.2, -0.15) is 0 Å².